The summed E-state index contributed by atoms with van der Waals surface area (Å²) in [5.74, 6) is -0.824. The van der Waals surface area contributed by atoms with E-state index in [1.165, 1.54) is 0 Å². The lowest BCUT2D eigenvalue weighted by atomic mass is 9.82. The average molecular weight is 191 g/mol. The molecule has 0 amide bonds. The highest BCUT2D eigenvalue weighted by atomic mass is 16.4. The van der Waals surface area contributed by atoms with Gasteiger partial charge < -0.3 is 10.4 Å². The number of rotatable bonds is 3. The summed E-state index contributed by atoms with van der Waals surface area (Å²) in [6, 6.07) is 9.45. The molecule has 0 aromatic heterocycles. The van der Waals surface area contributed by atoms with Gasteiger partial charge in [0.15, 0.2) is 0 Å². The fourth-order valence-corrected chi connectivity index (χ4v) is 1.82. The number of aliphatic carboxylic acids is 1. The van der Waals surface area contributed by atoms with E-state index >= 15 is 0 Å². The molecule has 1 aliphatic heterocycles. The van der Waals surface area contributed by atoms with Gasteiger partial charge in [0.2, 0.25) is 0 Å². The van der Waals surface area contributed by atoms with Gasteiger partial charge in [0.1, 0.15) is 0 Å². The van der Waals surface area contributed by atoms with Crippen LogP contribution < -0.4 is 5.32 Å². The Hall–Kier alpha value is -1.35. The average Bonchev–Trinajstić information content (AvgIpc) is 2.12. The predicted octanol–water partition coefficient (Wildman–Crippen LogP) is 1.07. The first-order valence-electron chi connectivity index (χ1n) is 4.77. The van der Waals surface area contributed by atoms with Crippen LogP contribution >= 0.6 is 0 Å². The molecule has 0 aliphatic carbocycles. The summed E-state index contributed by atoms with van der Waals surface area (Å²) in [5, 5.41) is 12.2. The Bertz CT molecular complexity index is 319. The summed E-state index contributed by atoms with van der Waals surface area (Å²) in [7, 11) is 0. The Morgan fingerprint density at radius 1 is 1.36 bits per heavy atom. The van der Waals surface area contributed by atoms with Crippen LogP contribution in [0.2, 0.25) is 0 Å². The van der Waals surface area contributed by atoms with Crippen molar-refractivity contribution in [2.45, 2.75) is 5.92 Å². The number of hydrogen-bond donors (Lipinski definition) is 2. The number of carboxylic acid groups (broad SMARTS) is 1. The van der Waals surface area contributed by atoms with Gasteiger partial charge in [-0.05, 0) is 5.56 Å². The number of carboxylic acids is 1. The van der Waals surface area contributed by atoms with Crippen molar-refractivity contribution in [3.8, 4) is 0 Å². The molecule has 1 aromatic rings. The van der Waals surface area contributed by atoms with Gasteiger partial charge in [-0.2, -0.15) is 0 Å². The normalized spacial score (nSPS) is 18.6. The zero-order chi connectivity index (χ0) is 9.97. The monoisotopic (exact) mass is 191 g/mol. The summed E-state index contributed by atoms with van der Waals surface area (Å²) in [5.41, 5.74) is 0.909. The van der Waals surface area contributed by atoms with Crippen LogP contribution in [0.4, 0.5) is 0 Å². The number of hydrogen-bond acceptors (Lipinski definition) is 2. The topological polar surface area (TPSA) is 49.3 Å². The maximum absolute atomic E-state index is 11.1. The second kappa shape index (κ2) is 3.80. The van der Waals surface area contributed by atoms with Crippen molar-refractivity contribution in [2.75, 3.05) is 13.1 Å². The van der Waals surface area contributed by atoms with Crippen molar-refractivity contribution in [1.82, 2.24) is 5.32 Å². The first-order valence-corrected chi connectivity index (χ1v) is 4.77. The SMILES string of the molecule is O=C(O)C(c1ccccc1)C1CNC1. The molecular formula is C11H13NO2. The second-order valence-electron chi connectivity index (χ2n) is 3.64. The Balaban J connectivity index is 2.22. The molecule has 0 bridgehead atoms. The predicted molar refractivity (Wildman–Crippen MR) is 53.2 cm³/mol. The first kappa shape index (κ1) is 9.21. The molecule has 0 saturated carbocycles. The fourth-order valence-electron chi connectivity index (χ4n) is 1.82. The maximum Gasteiger partial charge on any atom is 0.311 e. The molecule has 1 atom stereocenters. The highest BCUT2D eigenvalue weighted by molar-refractivity contribution is 5.76. The fraction of sp³-hybridized carbons (Fsp3) is 0.364. The lowest BCUT2D eigenvalue weighted by molar-refractivity contribution is -0.140. The van der Waals surface area contributed by atoms with E-state index in [1.807, 2.05) is 30.3 Å². The molecule has 2 N–H and O–H groups in total. The lowest BCUT2D eigenvalue weighted by Gasteiger charge is -2.32. The van der Waals surface area contributed by atoms with Gasteiger partial charge in [0.05, 0.1) is 5.92 Å². The number of benzene rings is 1. The molecule has 1 aliphatic rings. The Kier molecular flexibility index (Phi) is 2.50. The number of carbonyl (C=O) groups is 1. The molecule has 74 valence electrons. The van der Waals surface area contributed by atoms with Crippen molar-refractivity contribution in [1.29, 1.82) is 0 Å². The number of nitrogens with one attached hydrogen (secondary N) is 1. The quantitative estimate of drug-likeness (QED) is 0.751. The minimum atomic E-state index is -0.720. The van der Waals surface area contributed by atoms with Crippen LogP contribution in [0.15, 0.2) is 30.3 Å². The first-order chi connectivity index (χ1) is 6.79. The van der Waals surface area contributed by atoms with E-state index in [2.05, 4.69) is 5.32 Å². The second-order valence-corrected chi connectivity index (χ2v) is 3.64. The van der Waals surface area contributed by atoms with Crippen molar-refractivity contribution < 1.29 is 9.90 Å². The molecular weight excluding hydrogens is 178 g/mol. The summed E-state index contributed by atoms with van der Waals surface area (Å²) < 4.78 is 0. The molecule has 14 heavy (non-hydrogen) atoms. The van der Waals surface area contributed by atoms with Gasteiger partial charge in [0, 0.05) is 19.0 Å². The Morgan fingerprint density at radius 2 is 2.00 bits per heavy atom. The summed E-state index contributed by atoms with van der Waals surface area (Å²) in [6.07, 6.45) is 0. The third-order valence-corrected chi connectivity index (χ3v) is 2.71. The Morgan fingerprint density at radius 3 is 2.43 bits per heavy atom. The molecule has 1 saturated heterocycles. The highest BCUT2D eigenvalue weighted by Crippen LogP contribution is 2.27. The van der Waals surface area contributed by atoms with E-state index in [-0.39, 0.29) is 11.8 Å². The summed E-state index contributed by atoms with van der Waals surface area (Å²) >= 11 is 0. The minimum Gasteiger partial charge on any atom is -0.481 e. The van der Waals surface area contributed by atoms with E-state index in [1.54, 1.807) is 0 Å². The Labute approximate surface area is 82.8 Å². The molecule has 1 unspecified atom stereocenters. The zero-order valence-electron chi connectivity index (χ0n) is 7.81. The van der Waals surface area contributed by atoms with E-state index in [4.69, 9.17) is 5.11 Å². The van der Waals surface area contributed by atoms with E-state index in [9.17, 15) is 4.79 Å². The molecule has 2 rings (SSSR count). The van der Waals surface area contributed by atoms with Crippen molar-refractivity contribution >= 4 is 5.97 Å². The van der Waals surface area contributed by atoms with Crippen LogP contribution in [-0.4, -0.2) is 24.2 Å². The highest BCUT2D eigenvalue weighted by Gasteiger charge is 2.33. The standard InChI is InChI=1S/C11H13NO2/c13-11(14)10(9-6-12-7-9)8-4-2-1-3-5-8/h1-5,9-10,12H,6-7H2,(H,13,14). The maximum atomic E-state index is 11.1. The molecule has 0 radical (unpaired) electrons. The molecule has 1 aromatic carbocycles. The van der Waals surface area contributed by atoms with Gasteiger partial charge in [-0.3, -0.25) is 4.79 Å². The van der Waals surface area contributed by atoms with Crippen molar-refractivity contribution in [2.24, 2.45) is 5.92 Å². The van der Waals surface area contributed by atoms with Crippen LogP contribution in [0.3, 0.4) is 0 Å². The van der Waals surface area contributed by atoms with Crippen LogP contribution in [0.25, 0.3) is 0 Å². The van der Waals surface area contributed by atoms with Gasteiger partial charge in [-0.15, -0.1) is 0 Å². The molecule has 1 heterocycles. The van der Waals surface area contributed by atoms with Crippen molar-refractivity contribution in [3.05, 3.63) is 35.9 Å². The molecule has 3 heteroatoms. The van der Waals surface area contributed by atoms with E-state index < -0.39 is 5.97 Å². The molecule has 3 nitrogen and oxygen atoms in total. The van der Waals surface area contributed by atoms with E-state index in [0.29, 0.717) is 0 Å². The smallest absolute Gasteiger partial charge is 0.311 e. The summed E-state index contributed by atoms with van der Waals surface area (Å²) in [6.45, 7) is 1.62. The molecule has 1 fully saturated rings. The van der Waals surface area contributed by atoms with Crippen LogP contribution in [0, 0.1) is 5.92 Å². The van der Waals surface area contributed by atoms with E-state index in [0.717, 1.165) is 18.7 Å². The van der Waals surface area contributed by atoms with Crippen LogP contribution in [0.5, 0.6) is 0 Å². The van der Waals surface area contributed by atoms with Gasteiger partial charge in [0.25, 0.3) is 0 Å². The molecule has 0 spiro atoms. The van der Waals surface area contributed by atoms with Gasteiger partial charge in [-0.1, -0.05) is 30.3 Å². The summed E-state index contributed by atoms with van der Waals surface area (Å²) in [4.78, 5) is 11.1. The van der Waals surface area contributed by atoms with Gasteiger partial charge in [-0.25, -0.2) is 0 Å². The van der Waals surface area contributed by atoms with Crippen LogP contribution in [0.1, 0.15) is 11.5 Å². The van der Waals surface area contributed by atoms with Crippen molar-refractivity contribution in [3.63, 3.8) is 0 Å². The lowest BCUT2D eigenvalue weighted by Crippen LogP contribution is -2.47. The third-order valence-electron chi connectivity index (χ3n) is 2.71. The third kappa shape index (κ3) is 1.63. The van der Waals surface area contributed by atoms with Gasteiger partial charge >= 0.3 is 5.97 Å². The zero-order valence-corrected chi connectivity index (χ0v) is 7.81. The minimum absolute atomic E-state index is 0.245. The largest absolute Gasteiger partial charge is 0.481 e. The van der Waals surface area contributed by atoms with Crippen LogP contribution in [-0.2, 0) is 4.79 Å².